The Morgan fingerprint density at radius 1 is 1.27 bits per heavy atom. The van der Waals surface area contributed by atoms with Gasteiger partial charge in [-0.25, -0.2) is 0 Å². The smallest absolute Gasteiger partial charge is 0.228 e. The van der Waals surface area contributed by atoms with Crippen LogP contribution in [0.5, 0.6) is 0 Å². The molecule has 2 N–H and O–H groups in total. The number of aromatic nitrogens is 1. The maximum absolute atomic E-state index is 13.2. The van der Waals surface area contributed by atoms with Crippen LogP contribution in [0, 0.1) is 12.3 Å². The maximum atomic E-state index is 13.2. The van der Waals surface area contributed by atoms with Crippen molar-refractivity contribution in [2.45, 2.75) is 52.0 Å². The zero-order valence-corrected chi connectivity index (χ0v) is 15.6. The number of fused-ring (bicyclic) bond motifs is 1. The van der Waals surface area contributed by atoms with Crippen molar-refractivity contribution < 1.29 is 9.59 Å². The van der Waals surface area contributed by atoms with E-state index in [9.17, 15) is 9.59 Å². The van der Waals surface area contributed by atoms with Crippen LogP contribution in [0.4, 0.5) is 0 Å². The van der Waals surface area contributed by atoms with Gasteiger partial charge in [0.25, 0.3) is 0 Å². The number of amides is 2. The first-order valence-corrected chi connectivity index (χ1v) is 9.67. The largest absolute Gasteiger partial charge is 0.358 e. The van der Waals surface area contributed by atoms with Gasteiger partial charge in [0.2, 0.25) is 11.8 Å². The third-order valence-electron chi connectivity index (χ3n) is 6.50. The molecule has 5 nitrogen and oxygen atoms in total. The summed E-state index contributed by atoms with van der Waals surface area (Å²) in [6, 6.07) is 8.07. The Balaban J connectivity index is 1.59. The van der Waals surface area contributed by atoms with Crippen LogP contribution in [0.1, 0.15) is 43.9 Å². The van der Waals surface area contributed by atoms with Gasteiger partial charge in [-0.2, -0.15) is 0 Å². The third-order valence-corrected chi connectivity index (χ3v) is 6.50. The zero-order valence-electron chi connectivity index (χ0n) is 15.6. The minimum Gasteiger partial charge on any atom is -0.358 e. The predicted octanol–water partition coefficient (Wildman–Crippen LogP) is 2.93. The minimum atomic E-state index is -0.401. The SMILES string of the molecule is Cc1[nH]c2ccccc2c1CC(=O)N1CCC[C@@]2(CCCNC2=O)[C@H]1C. The number of aryl methyl sites for hydroxylation is 1. The van der Waals surface area contributed by atoms with Crippen LogP contribution < -0.4 is 5.32 Å². The molecule has 2 aromatic rings. The van der Waals surface area contributed by atoms with E-state index in [4.69, 9.17) is 0 Å². The zero-order chi connectivity index (χ0) is 18.3. The molecule has 1 aromatic carbocycles. The Bertz CT molecular complexity index is 852. The molecule has 2 amide bonds. The van der Waals surface area contributed by atoms with Crippen molar-refractivity contribution in [3.05, 3.63) is 35.5 Å². The molecule has 2 atom stereocenters. The van der Waals surface area contributed by atoms with Gasteiger partial charge in [0.1, 0.15) is 0 Å². The van der Waals surface area contributed by atoms with Gasteiger partial charge in [-0.3, -0.25) is 9.59 Å². The summed E-state index contributed by atoms with van der Waals surface area (Å²) in [4.78, 5) is 31.2. The number of piperidine rings is 2. The first kappa shape index (κ1) is 17.1. The molecule has 2 fully saturated rings. The van der Waals surface area contributed by atoms with E-state index in [0.29, 0.717) is 6.42 Å². The van der Waals surface area contributed by atoms with Gasteiger partial charge in [-0.1, -0.05) is 18.2 Å². The molecule has 26 heavy (non-hydrogen) atoms. The van der Waals surface area contributed by atoms with Crippen molar-refractivity contribution >= 4 is 22.7 Å². The summed E-state index contributed by atoms with van der Waals surface area (Å²) in [7, 11) is 0. The number of aromatic amines is 1. The summed E-state index contributed by atoms with van der Waals surface area (Å²) in [6.45, 7) is 5.59. The first-order chi connectivity index (χ1) is 12.5. The van der Waals surface area contributed by atoms with Gasteiger partial charge in [-0.05, 0) is 51.2 Å². The van der Waals surface area contributed by atoms with Crippen LogP contribution in [-0.2, 0) is 16.0 Å². The van der Waals surface area contributed by atoms with Crippen molar-refractivity contribution in [2.75, 3.05) is 13.1 Å². The summed E-state index contributed by atoms with van der Waals surface area (Å²) < 4.78 is 0. The van der Waals surface area contributed by atoms with E-state index in [-0.39, 0.29) is 17.9 Å². The van der Waals surface area contributed by atoms with E-state index in [2.05, 4.69) is 23.3 Å². The molecule has 0 saturated carbocycles. The fraction of sp³-hybridized carbons (Fsp3) is 0.524. The quantitative estimate of drug-likeness (QED) is 0.872. The normalized spacial score (nSPS) is 26.3. The molecule has 1 spiro atoms. The number of hydrogen-bond acceptors (Lipinski definition) is 2. The van der Waals surface area contributed by atoms with Gasteiger partial charge >= 0.3 is 0 Å². The second kappa shape index (κ2) is 6.45. The molecule has 138 valence electrons. The Hall–Kier alpha value is -2.30. The lowest BCUT2D eigenvalue weighted by atomic mass is 9.68. The van der Waals surface area contributed by atoms with Crippen LogP contribution in [0.2, 0.25) is 0 Å². The molecule has 2 saturated heterocycles. The maximum Gasteiger partial charge on any atom is 0.228 e. The summed E-state index contributed by atoms with van der Waals surface area (Å²) in [5.41, 5.74) is 2.80. The second-order valence-electron chi connectivity index (χ2n) is 7.83. The van der Waals surface area contributed by atoms with Crippen LogP contribution in [-0.4, -0.2) is 40.8 Å². The molecule has 2 aliphatic heterocycles. The number of para-hydroxylation sites is 1. The van der Waals surface area contributed by atoms with Gasteiger partial charge < -0.3 is 15.2 Å². The van der Waals surface area contributed by atoms with Crippen molar-refractivity contribution in [2.24, 2.45) is 5.41 Å². The summed E-state index contributed by atoms with van der Waals surface area (Å²) in [5.74, 6) is 0.264. The average molecular weight is 353 g/mol. The van der Waals surface area contributed by atoms with Crippen LogP contribution >= 0.6 is 0 Å². The van der Waals surface area contributed by atoms with Crippen molar-refractivity contribution in [3.63, 3.8) is 0 Å². The predicted molar refractivity (Wildman–Crippen MR) is 102 cm³/mol. The molecule has 0 unspecified atom stereocenters. The van der Waals surface area contributed by atoms with Gasteiger partial charge in [0.05, 0.1) is 11.8 Å². The fourth-order valence-corrected chi connectivity index (χ4v) is 4.95. The topological polar surface area (TPSA) is 65.2 Å². The first-order valence-electron chi connectivity index (χ1n) is 9.67. The molecule has 5 heteroatoms. The summed E-state index contributed by atoms with van der Waals surface area (Å²) >= 11 is 0. The summed E-state index contributed by atoms with van der Waals surface area (Å²) in [6.07, 6.45) is 4.06. The van der Waals surface area contributed by atoms with E-state index in [1.165, 1.54) is 0 Å². The van der Waals surface area contributed by atoms with Crippen LogP contribution in [0.15, 0.2) is 24.3 Å². The minimum absolute atomic E-state index is 0.0467. The second-order valence-corrected chi connectivity index (χ2v) is 7.83. The number of rotatable bonds is 2. The molecular weight excluding hydrogens is 326 g/mol. The molecule has 2 aliphatic rings. The Kier molecular flexibility index (Phi) is 4.25. The number of H-pyrrole nitrogens is 1. The molecule has 1 aromatic heterocycles. The van der Waals surface area contributed by atoms with E-state index in [1.54, 1.807) is 0 Å². The monoisotopic (exact) mass is 353 g/mol. The highest BCUT2D eigenvalue weighted by Crippen LogP contribution is 2.42. The molecule has 0 radical (unpaired) electrons. The van der Waals surface area contributed by atoms with Crippen molar-refractivity contribution in [1.82, 2.24) is 15.2 Å². The van der Waals surface area contributed by atoms with Gasteiger partial charge in [-0.15, -0.1) is 0 Å². The number of benzene rings is 1. The van der Waals surface area contributed by atoms with Gasteiger partial charge in [0.15, 0.2) is 0 Å². The number of likely N-dealkylation sites (tertiary alicyclic amines) is 1. The lowest BCUT2D eigenvalue weighted by Gasteiger charge is -2.49. The van der Waals surface area contributed by atoms with Crippen molar-refractivity contribution in [3.8, 4) is 0 Å². The van der Waals surface area contributed by atoms with Gasteiger partial charge in [0, 0.05) is 35.7 Å². The molecule has 0 aliphatic carbocycles. The Morgan fingerprint density at radius 2 is 2.04 bits per heavy atom. The Morgan fingerprint density at radius 3 is 2.85 bits per heavy atom. The summed E-state index contributed by atoms with van der Waals surface area (Å²) in [5, 5.41) is 4.15. The lowest BCUT2D eigenvalue weighted by molar-refractivity contribution is -0.149. The van der Waals surface area contributed by atoms with E-state index >= 15 is 0 Å². The highest BCUT2D eigenvalue weighted by Gasteiger charge is 2.49. The number of carbonyl (C=O) groups is 2. The van der Waals surface area contributed by atoms with Crippen LogP contribution in [0.25, 0.3) is 10.9 Å². The standard InChI is InChI=1S/C21H27N3O2/c1-14-17(16-7-3-4-8-18(16)23-14)13-19(25)24-12-6-10-21(15(24)2)9-5-11-22-20(21)26/h3-4,7-8,15,23H,5-6,9-13H2,1-2H3,(H,22,26)/t15-,21+/m1/s1. The Labute approximate surface area is 154 Å². The van der Waals surface area contributed by atoms with E-state index in [1.807, 2.05) is 30.0 Å². The number of hydrogen-bond donors (Lipinski definition) is 2. The number of nitrogens with one attached hydrogen (secondary N) is 2. The highest BCUT2D eigenvalue weighted by atomic mass is 16.2. The van der Waals surface area contributed by atoms with E-state index < -0.39 is 5.41 Å². The molecule has 3 heterocycles. The van der Waals surface area contributed by atoms with Crippen molar-refractivity contribution in [1.29, 1.82) is 0 Å². The lowest BCUT2D eigenvalue weighted by Crippen LogP contribution is -2.61. The highest BCUT2D eigenvalue weighted by molar-refractivity contribution is 5.91. The number of carbonyl (C=O) groups excluding carboxylic acids is 2. The van der Waals surface area contributed by atoms with Crippen LogP contribution in [0.3, 0.4) is 0 Å². The third kappa shape index (κ3) is 2.61. The van der Waals surface area contributed by atoms with E-state index in [0.717, 1.165) is 60.9 Å². The average Bonchev–Trinajstić information content (AvgIpc) is 2.95. The fourth-order valence-electron chi connectivity index (χ4n) is 4.95. The molecule has 4 rings (SSSR count). The molecular formula is C21H27N3O2. The number of nitrogens with zero attached hydrogens (tertiary/aromatic N) is 1. The molecule has 0 bridgehead atoms.